The van der Waals surface area contributed by atoms with Crippen molar-refractivity contribution >= 4 is 5.78 Å². The van der Waals surface area contributed by atoms with Crippen molar-refractivity contribution in [1.82, 2.24) is 5.32 Å². The van der Waals surface area contributed by atoms with Gasteiger partial charge in [-0.3, -0.25) is 4.79 Å². The molecule has 1 aliphatic rings. The van der Waals surface area contributed by atoms with Crippen molar-refractivity contribution in [2.75, 3.05) is 13.1 Å². The van der Waals surface area contributed by atoms with Crippen molar-refractivity contribution < 1.29 is 13.6 Å². The second kappa shape index (κ2) is 2.70. The summed E-state index contributed by atoms with van der Waals surface area (Å²) in [7, 11) is 0. The molecule has 11 heavy (non-hydrogen) atoms. The van der Waals surface area contributed by atoms with E-state index < -0.39 is 24.2 Å². The Morgan fingerprint density at radius 3 is 2.73 bits per heavy atom. The van der Waals surface area contributed by atoms with E-state index in [2.05, 4.69) is 11.9 Å². The van der Waals surface area contributed by atoms with Crippen LogP contribution < -0.4 is 5.32 Å². The van der Waals surface area contributed by atoms with Crippen LogP contribution >= 0.6 is 0 Å². The molecular formula is C7H9F2NO. The zero-order valence-electron chi connectivity index (χ0n) is 5.94. The van der Waals surface area contributed by atoms with E-state index >= 15 is 0 Å². The van der Waals surface area contributed by atoms with Gasteiger partial charge >= 0.3 is 0 Å². The minimum absolute atomic E-state index is 0.0534. The molecule has 1 atom stereocenters. The number of carbonyl (C=O) groups excluding carboxylic acids is 1. The monoisotopic (exact) mass is 161 g/mol. The van der Waals surface area contributed by atoms with Crippen LogP contribution in [0.5, 0.6) is 0 Å². The first-order chi connectivity index (χ1) is 5.08. The van der Waals surface area contributed by atoms with E-state index in [-0.39, 0.29) is 6.54 Å². The van der Waals surface area contributed by atoms with Crippen LogP contribution in [0.15, 0.2) is 12.7 Å². The molecule has 0 radical (unpaired) electrons. The van der Waals surface area contributed by atoms with Crippen molar-refractivity contribution in [3.8, 4) is 0 Å². The fraction of sp³-hybridized carbons (Fsp3) is 0.571. The van der Waals surface area contributed by atoms with E-state index in [9.17, 15) is 13.6 Å². The van der Waals surface area contributed by atoms with Crippen molar-refractivity contribution in [3.63, 3.8) is 0 Å². The van der Waals surface area contributed by atoms with Crippen LogP contribution in [0.25, 0.3) is 0 Å². The average molecular weight is 161 g/mol. The zero-order valence-corrected chi connectivity index (χ0v) is 5.94. The SMILES string of the molecule is C=CC(=O)C1CNCC1(F)F. The molecule has 0 bridgehead atoms. The Morgan fingerprint density at radius 2 is 2.36 bits per heavy atom. The van der Waals surface area contributed by atoms with Crippen LogP contribution in [0.2, 0.25) is 0 Å². The largest absolute Gasteiger partial charge is 0.310 e. The lowest BCUT2D eigenvalue weighted by Gasteiger charge is -2.13. The molecule has 1 heterocycles. The number of nitrogens with one attached hydrogen (secondary N) is 1. The normalized spacial score (nSPS) is 28.4. The fourth-order valence-corrected chi connectivity index (χ4v) is 1.11. The highest BCUT2D eigenvalue weighted by molar-refractivity contribution is 5.92. The van der Waals surface area contributed by atoms with Gasteiger partial charge in [-0.1, -0.05) is 6.58 Å². The number of ketones is 1. The van der Waals surface area contributed by atoms with Gasteiger partial charge in [-0.05, 0) is 6.08 Å². The Labute approximate surface area is 63.3 Å². The lowest BCUT2D eigenvalue weighted by molar-refractivity contribution is -0.126. The number of hydrogen-bond acceptors (Lipinski definition) is 2. The third-order valence-corrected chi connectivity index (χ3v) is 1.76. The Morgan fingerprint density at radius 1 is 1.73 bits per heavy atom. The molecule has 0 aromatic heterocycles. The van der Waals surface area contributed by atoms with Crippen LogP contribution in [0.1, 0.15) is 0 Å². The molecule has 0 aromatic carbocycles. The molecule has 1 aliphatic heterocycles. The predicted octanol–water partition coefficient (Wildman–Crippen LogP) is 0.596. The second-order valence-electron chi connectivity index (χ2n) is 2.55. The minimum atomic E-state index is -2.90. The first-order valence-corrected chi connectivity index (χ1v) is 3.33. The maximum atomic E-state index is 12.7. The molecule has 0 aliphatic carbocycles. The van der Waals surface area contributed by atoms with Crippen molar-refractivity contribution in [3.05, 3.63) is 12.7 Å². The maximum Gasteiger partial charge on any atom is 0.271 e. The number of rotatable bonds is 2. The second-order valence-corrected chi connectivity index (χ2v) is 2.55. The summed E-state index contributed by atoms with van der Waals surface area (Å²) in [5, 5.41) is 2.46. The van der Waals surface area contributed by atoms with E-state index in [1.807, 2.05) is 0 Å². The van der Waals surface area contributed by atoms with Crippen LogP contribution in [0.4, 0.5) is 8.78 Å². The minimum Gasteiger partial charge on any atom is -0.310 e. The van der Waals surface area contributed by atoms with E-state index in [1.165, 1.54) is 0 Å². The van der Waals surface area contributed by atoms with Gasteiger partial charge in [0.25, 0.3) is 5.92 Å². The van der Waals surface area contributed by atoms with Gasteiger partial charge < -0.3 is 5.32 Å². The highest BCUT2D eigenvalue weighted by Crippen LogP contribution is 2.28. The molecule has 1 unspecified atom stereocenters. The molecule has 4 heteroatoms. The Hall–Kier alpha value is -0.770. The standard InChI is InChI=1S/C7H9F2NO/c1-2-6(11)5-3-10-4-7(5,8)9/h2,5,10H,1,3-4H2. The lowest BCUT2D eigenvalue weighted by atomic mass is 10.0. The van der Waals surface area contributed by atoms with E-state index in [0.29, 0.717) is 0 Å². The molecule has 1 fully saturated rings. The summed E-state index contributed by atoms with van der Waals surface area (Å²) in [6.45, 7) is 2.81. The molecule has 0 saturated carbocycles. The topological polar surface area (TPSA) is 29.1 Å². The molecule has 2 nitrogen and oxygen atoms in total. The summed E-state index contributed by atoms with van der Waals surface area (Å²) >= 11 is 0. The van der Waals surface area contributed by atoms with E-state index in [0.717, 1.165) is 6.08 Å². The summed E-state index contributed by atoms with van der Waals surface area (Å²) in [6.07, 6.45) is 0.950. The van der Waals surface area contributed by atoms with Gasteiger partial charge in [0.1, 0.15) is 0 Å². The Kier molecular flexibility index (Phi) is 2.04. The van der Waals surface area contributed by atoms with Crippen LogP contribution in [-0.2, 0) is 4.79 Å². The predicted molar refractivity (Wildman–Crippen MR) is 36.5 cm³/mol. The van der Waals surface area contributed by atoms with Crippen LogP contribution in [0.3, 0.4) is 0 Å². The van der Waals surface area contributed by atoms with Gasteiger partial charge in [0.15, 0.2) is 5.78 Å². The Bertz CT molecular complexity index is 191. The summed E-state index contributed by atoms with van der Waals surface area (Å²) in [6, 6.07) is 0. The number of hydrogen-bond donors (Lipinski definition) is 1. The third kappa shape index (κ3) is 1.45. The molecule has 1 saturated heterocycles. The third-order valence-electron chi connectivity index (χ3n) is 1.76. The van der Waals surface area contributed by atoms with Gasteiger partial charge in [-0.15, -0.1) is 0 Å². The quantitative estimate of drug-likeness (QED) is 0.601. The average Bonchev–Trinajstić information content (AvgIpc) is 2.28. The molecule has 0 aromatic rings. The van der Waals surface area contributed by atoms with Crippen LogP contribution in [-0.4, -0.2) is 24.8 Å². The molecule has 0 amide bonds. The summed E-state index contributed by atoms with van der Waals surface area (Å²) in [4.78, 5) is 10.8. The summed E-state index contributed by atoms with van der Waals surface area (Å²) < 4.78 is 25.4. The highest BCUT2D eigenvalue weighted by atomic mass is 19.3. The molecule has 0 spiro atoms. The van der Waals surface area contributed by atoms with Crippen molar-refractivity contribution in [2.24, 2.45) is 5.92 Å². The fourth-order valence-electron chi connectivity index (χ4n) is 1.11. The maximum absolute atomic E-state index is 12.7. The molecule has 1 N–H and O–H groups in total. The van der Waals surface area contributed by atoms with Crippen molar-refractivity contribution in [1.29, 1.82) is 0 Å². The zero-order chi connectivity index (χ0) is 8.48. The van der Waals surface area contributed by atoms with Gasteiger partial charge in [-0.2, -0.15) is 0 Å². The first kappa shape index (κ1) is 8.33. The number of carbonyl (C=O) groups is 1. The van der Waals surface area contributed by atoms with Crippen molar-refractivity contribution in [2.45, 2.75) is 5.92 Å². The Balaban J connectivity index is 2.72. The highest BCUT2D eigenvalue weighted by Gasteiger charge is 2.46. The van der Waals surface area contributed by atoms with E-state index in [4.69, 9.17) is 0 Å². The molecular weight excluding hydrogens is 152 g/mol. The molecule has 62 valence electrons. The summed E-state index contributed by atoms with van der Waals surface area (Å²) in [5.41, 5.74) is 0. The van der Waals surface area contributed by atoms with Gasteiger partial charge in [0.2, 0.25) is 0 Å². The lowest BCUT2D eigenvalue weighted by Crippen LogP contribution is -2.31. The number of allylic oxidation sites excluding steroid dienone is 1. The first-order valence-electron chi connectivity index (χ1n) is 3.33. The van der Waals surface area contributed by atoms with Gasteiger partial charge in [0.05, 0.1) is 12.5 Å². The number of alkyl halides is 2. The molecule has 1 rings (SSSR count). The van der Waals surface area contributed by atoms with Gasteiger partial charge in [0, 0.05) is 6.54 Å². The number of halogens is 2. The van der Waals surface area contributed by atoms with Crippen LogP contribution in [0, 0.1) is 5.92 Å². The summed E-state index contributed by atoms with van der Waals surface area (Å²) in [5.74, 6) is -4.69. The van der Waals surface area contributed by atoms with Gasteiger partial charge in [-0.25, -0.2) is 8.78 Å². The smallest absolute Gasteiger partial charge is 0.271 e. The van der Waals surface area contributed by atoms with E-state index in [1.54, 1.807) is 0 Å².